The molecule has 0 aromatic heterocycles. The van der Waals surface area contributed by atoms with E-state index in [1.165, 1.54) is 0 Å². The van der Waals surface area contributed by atoms with E-state index in [4.69, 9.17) is 10.8 Å². The van der Waals surface area contributed by atoms with Crippen LogP contribution in [-0.2, 0) is 4.79 Å². The molecule has 0 radical (unpaired) electrons. The van der Waals surface area contributed by atoms with Gasteiger partial charge in [-0.2, -0.15) is 11.8 Å². The van der Waals surface area contributed by atoms with Gasteiger partial charge in [0.15, 0.2) is 0 Å². The van der Waals surface area contributed by atoms with Gasteiger partial charge in [0.25, 0.3) is 0 Å². The average molecular weight is 290 g/mol. The van der Waals surface area contributed by atoms with Crippen molar-refractivity contribution >= 4 is 17.7 Å². The van der Waals surface area contributed by atoms with Crippen LogP contribution in [0.25, 0.3) is 0 Å². The van der Waals surface area contributed by atoms with E-state index in [-0.39, 0.29) is 12.5 Å². The number of carbonyl (C=O) groups excluding carboxylic acids is 1. The molecule has 0 heterocycles. The molecule has 0 aliphatic heterocycles. The molecule has 5 N–H and O–H groups in total. The summed E-state index contributed by atoms with van der Waals surface area (Å²) in [6.45, 7) is 1.70. The van der Waals surface area contributed by atoms with Crippen molar-refractivity contribution in [3.05, 3.63) is 0 Å². The minimum atomic E-state index is -0.627. The smallest absolute Gasteiger partial charge is 0.237 e. The normalized spacial score (nSPS) is 19.9. The lowest BCUT2D eigenvalue weighted by Crippen LogP contribution is -2.53. The van der Waals surface area contributed by atoms with Crippen molar-refractivity contribution < 1.29 is 15.0 Å². The van der Waals surface area contributed by atoms with Gasteiger partial charge in [-0.1, -0.05) is 6.42 Å². The summed E-state index contributed by atoms with van der Waals surface area (Å²) < 4.78 is 0. The third kappa shape index (κ3) is 6.61. The minimum absolute atomic E-state index is 0.182. The zero-order valence-electron chi connectivity index (χ0n) is 11.6. The van der Waals surface area contributed by atoms with Gasteiger partial charge < -0.3 is 21.3 Å². The first-order valence-corrected chi connectivity index (χ1v) is 8.07. The zero-order valence-corrected chi connectivity index (χ0v) is 12.4. The lowest BCUT2D eigenvalue weighted by Gasteiger charge is -2.27. The van der Waals surface area contributed by atoms with Crippen LogP contribution in [0.15, 0.2) is 0 Å². The minimum Gasteiger partial charge on any atom is -0.394 e. The Hall–Kier alpha value is -0.300. The van der Waals surface area contributed by atoms with Crippen LogP contribution >= 0.6 is 11.8 Å². The molecule has 1 aliphatic rings. The van der Waals surface area contributed by atoms with Crippen molar-refractivity contribution in [1.82, 2.24) is 5.32 Å². The third-order valence-corrected chi connectivity index (χ3v) is 4.58. The SMILES string of the molecule is CC(CCCCSCC(O)CO)(NC1CC1)C(N)=O. The molecular formula is C13H26N2O3S. The molecule has 0 aromatic rings. The second-order valence-electron chi connectivity index (χ2n) is 5.48. The van der Waals surface area contributed by atoms with Crippen LogP contribution in [0.5, 0.6) is 0 Å². The van der Waals surface area contributed by atoms with E-state index in [0.29, 0.717) is 11.8 Å². The first-order chi connectivity index (χ1) is 8.98. The number of rotatable bonds is 11. The fourth-order valence-corrected chi connectivity index (χ4v) is 2.85. The number of amides is 1. The van der Waals surface area contributed by atoms with E-state index in [2.05, 4.69) is 5.32 Å². The van der Waals surface area contributed by atoms with Crippen LogP contribution in [-0.4, -0.2) is 51.9 Å². The molecule has 6 heteroatoms. The van der Waals surface area contributed by atoms with Crippen molar-refractivity contribution in [1.29, 1.82) is 0 Å². The van der Waals surface area contributed by atoms with Crippen molar-refractivity contribution in [2.75, 3.05) is 18.1 Å². The Balaban J connectivity index is 2.12. The van der Waals surface area contributed by atoms with Crippen LogP contribution in [0.4, 0.5) is 0 Å². The highest BCUT2D eigenvalue weighted by atomic mass is 32.2. The molecule has 1 fully saturated rings. The van der Waals surface area contributed by atoms with Gasteiger partial charge in [-0.05, 0) is 38.4 Å². The van der Waals surface area contributed by atoms with Crippen molar-refractivity contribution in [2.45, 2.75) is 56.7 Å². The molecule has 1 amide bonds. The summed E-state index contributed by atoms with van der Waals surface area (Å²) in [6, 6.07) is 0.464. The molecule has 2 unspecified atom stereocenters. The Labute approximate surface area is 119 Å². The summed E-state index contributed by atoms with van der Waals surface area (Å²) in [6.07, 6.45) is 4.31. The van der Waals surface area contributed by atoms with Crippen molar-refractivity contribution in [3.8, 4) is 0 Å². The molecule has 1 saturated carbocycles. The number of unbranched alkanes of at least 4 members (excludes halogenated alkanes) is 1. The summed E-state index contributed by atoms with van der Waals surface area (Å²) in [5.41, 5.74) is 4.89. The van der Waals surface area contributed by atoms with Crippen molar-refractivity contribution in [2.24, 2.45) is 5.73 Å². The van der Waals surface area contributed by atoms with Crippen LogP contribution in [0.1, 0.15) is 39.0 Å². The van der Waals surface area contributed by atoms with E-state index in [9.17, 15) is 9.90 Å². The molecule has 1 rings (SSSR count). The van der Waals surface area contributed by atoms with E-state index in [1.54, 1.807) is 11.8 Å². The predicted octanol–water partition coefficient (Wildman–Crippen LogP) is 0.239. The number of aliphatic hydroxyl groups excluding tert-OH is 2. The van der Waals surface area contributed by atoms with Gasteiger partial charge in [0.05, 0.1) is 18.2 Å². The number of nitrogens with two attached hydrogens (primary N) is 1. The molecule has 1 aliphatic carbocycles. The van der Waals surface area contributed by atoms with Crippen LogP contribution in [0, 0.1) is 0 Å². The molecule has 5 nitrogen and oxygen atoms in total. The number of hydrogen-bond acceptors (Lipinski definition) is 5. The lowest BCUT2D eigenvalue weighted by molar-refractivity contribution is -0.124. The van der Waals surface area contributed by atoms with Crippen molar-refractivity contribution in [3.63, 3.8) is 0 Å². The second kappa shape index (κ2) is 8.09. The predicted molar refractivity (Wildman–Crippen MR) is 78.0 cm³/mol. The Morgan fingerprint density at radius 3 is 2.74 bits per heavy atom. The number of carbonyl (C=O) groups is 1. The topological polar surface area (TPSA) is 95.6 Å². The van der Waals surface area contributed by atoms with Gasteiger partial charge in [0.1, 0.15) is 0 Å². The van der Waals surface area contributed by atoms with Crippen LogP contribution in [0.3, 0.4) is 0 Å². The van der Waals surface area contributed by atoms with Gasteiger partial charge >= 0.3 is 0 Å². The highest BCUT2D eigenvalue weighted by molar-refractivity contribution is 7.99. The first kappa shape index (κ1) is 16.8. The molecular weight excluding hydrogens is 264 g/mol. The van der Waals surface area contributed by atoms with E-state index < -0.39 is 11.6 Å². The number of hydrogen-bond donors (Lipinski definition) is 4. The van der Waals surface area contributed by atoms with E-state index in [1.807, 2.05) is 6.92 Å². The molecule has 0 spiro atoms. The summed E-state index contributed by atoms with van der Waals surface area (Å²) >= 11 is 1.62. The lowest BCUT2D eigenvalue weighted by atomic mass is 9.94. The maximum Gasteiger partial charge on any atom is 0.237 e. The summed E-state index contributed by atoms with van der Waals surface area (Å²) in [4.78, 5) is 11.5. The maximum absolute atomic E-state index is 11.5. The Kier molecular flexibility index (Phi) is 7.13. The highest BCUT2D eigenvalue weighted by Crippen LogP contribution is 2.25. The van der Waals surface area contributed by atoms with Gasteiger partial charge in [-0.15, -0.1) is 0 Å². The van der Waals surface area contributed by atoms with Gasteiger partial charge in [-0.3, -0.25) is 4.79 Å². The van der Waals surface area contributed by atoms with Gasteiger partial charge in [-0.25, -0.2) is 0 Å². The number of nitrogens with one attached hydrogen (secondary N) is 1. The number of primary amides is 1. The quantitative estimate of drug-likeness (QED) is 0.409. The third-order valence-electron chi connectivity index (χ3n) is 3.38. The summed E-state index contributed by atoms with van der Waals surface area (Å²) in [7, 11) is 0. The fraction of sp³-hybridized carbons (Fsp3) is 0.923. The van der Waals surface area contributed by atoms with E-state index in [0.717, 1.165) is 37.9 Å². The first-order valence-electron chi connectivity index (χ1n) is 6.92. The number of aliphatic hydroxyl groups is 2. The Bertz CT molecular complexity index is 287. The average Bonchev–Trinajstić information content (AvgIpc) is 3.16. The highest BCUT2D eigenvalue weighted by Gasteiger charge is 2.36. The molecule has 2 atom stereocenters. The summed E-state index contributed by atoms with van der Waals surface area (Å²) in [5, 5.41) is 21.2. The Morgan fingerprint density at radius 2 is 2.21 bits per heavy atom. The van der Waals surface area contributed by atoms with Gasteiger partial charge in [0.2, 0.25) is 5.91 Å². The fourth-order valence-electron chi connectivity index (χ4n) is 1.90. The zero-order chi connectivity index (χ0) is 14.3. The van der Waals surface area contributed by atoms with Gasteiger partial charge in [0, 0.05) is 11.8 Å². The standard InChI is InChI=1S/C13H26N2O3S/c1-13(12(14)18,15-10-4-5-10)6-2-3-7-19-9-11(17)8-16/h10-11,15-17H,2-9H2,1H3,(H2,14,18). The molecule has 0 saturated heterocycles. The molecule has 112 valence electrons. The second-order valence-corrected chi connectivity index (χ2v) is 6.63. The maximum atomic E-state index is 11.5. The number of thioether (sulfide) groups is 1. The molecule has 0 aromatic carbocycles. The molecule has 19 heavy (non-hydrogen) atoms. The monoisotopic (exact) mass is 290 g/mol. The van der Waals surface area contributed by atoms with Crippen LogP contribution in [0.2, 0.25) is 0 Å². The molecule has 0 bridgehead atoms. The van der Waals surface area contributed by atoms with E-state index >= 15 is 0 Å². The van der Waals surface area contributed by atoms with Crippen LogP contribution < -0.4 is 11.1 Å². The Morgan fingerprint density at radius 1 is 1.53 bits per heavy atom. The summed E-state index contributed by atoms with van der Waals surface area (Å²) in [5.74, 6) is 1.21. The largest absolute Gasteiger partial charge is 0.394 e.